The first-order valence-electron chi connectivity index (χ1n) is 8.83. The first kappa shape index (κ1) is 19.8. The second kappa shape index (κ2) is 11.3. The molecule has 0 unspecified atom stereocenters. The standard InChI is InChI=1S/C19H34N2O2/c1-6-21(7-2)12-11-20-15-17-8-9-18(19(14-17)22-5)23-13-10-16(3)4/h8-9,14,16,20H,6-7,10-13,15H2,1-5H3. The molecule has 1 N–H and O–H groups in total. The topological polar surface area (TPSA) is 33.7 Å². The summed E-state index contributed by atoms with van der Waals surface area (Å²) in [6, 6.07) is 6.19. The van der Waals surface area contributed by atoms with Crippen LogP contribution >= 0.6 is 0 Å². The van der Waals surface area contributed by atoms with E-state index in [0.29, 0.717) is 5.92 Å². The molecular formula is C19H34N2O2. The van der Waals surface area contributed by atoms with Crippen molar-refractivity contribution in [3.05, 3.63) is 23.8 Å². The molecule has 4 nitrogen and oxygen atoms in total. The zero-order valence-corrected chi connectivity index (χ0v) is 15.5. The van der Waals surface area contributed by atoms with Crippen molar-refractivity contribution in [2.24, 2.45) is 5.92 Å². The number of likely N-dealkylation sites (N-methyl/N-ethyl adjacent to an activating group) is 1. The second-order valence-corrected chi connectivity index (χ2v) is 6.22. The summed E-state index contributed by atoms with van der Waals surface area (Å²) in [6.45, 7) is 14.7. The lowest BCUT2D eigenvalue weighted by molar-refractivity contribution is 0.272. The van der Waals surface area contributed by atoms with Crippen LogP contribution in [0.15, 0.2) is 18.2 Å². The summed E-state index contributed by atoms with van der Waals surface area (Å²) in [5, 5.41) is 3.49. The van der Waals surface area contributed by atoms with Crippen LogP contribution in [0, 0.1) is 5.92 Å². The normalized spacial score (nSPS) is 11.3. The smallest absolute Gasteiger partial charge is 0.161 e. The van der Waals surface area contributed by atoms with E-state index in [0.717, 1.165) is 57.3 Å². The Kier molecular flexibility index (Phi) is 9.72. The van der Waals surface area contributed by atoms with E-state index in [1.165, 1.54) is 5.56 Å². The number of nitrogens with zero attached hydrogens (tertiary/aromatic N) is 1. The van der Waals surface area contributed by atoms with Crippen molar-refractivity contribution in [3.8, 4) is 11.5 Å². The van der Waals surface area contributed by atoms with Gasteiger partial charge in [0.2, 0.25) is 0 Å². The molecule has 0 aliphatic heterocycles. The van der Waals surface area contributed by atoms with Crippen LogP contribution in [0.3, 0.4) is 0 Å². The average molecular weight is 322 g/mol. The fraction of sp³-hybridized carbons (Fsp3) is 0.684. The third-order valence-corrected chi connectivity index (χ3v) is 4.01. The fourth-order valence-electron chi connectivity index (χ4n) is 2.36. The van der Waals surface area contributed by atoms with E-state index < -0.39 is 0 Å². The third-order valence-electron chi connectivity index (χ3n) is 4.01. The second-order valence-electron chi connectivity index (χ2n) is 6.22. The molecule has 0 aliphatic carbocycles. The van der Waals surface area contributed by atoms with Crippen molar-refractivity contribution in [1.29, 1.82) is 0 Å². The van der Waals surface area contributed by atoms with Gasteiger partial charge in [0.1, 0.15) is 0 Å². The molecule has 1 aromatic rings. The Morgan fingerprint density at radius 1 is 1.13 bits per heavy atom. The summed E-state index contributed by atoms with van der Waals surface area (Å²) in [4.78, 5) is 2.42. The zero-order chi connectivity index (χ0) is 17.1. The Balaban J connectivity index is 2.45. The number of methoxy groups -OCH3 is 1. The van der Waals surface area contributed by atoms with Gasteiger partial charge in [-0.2, -0.15) is 0 Å². The maximum atomic E-state index is 5.83. The predicted molar refractivity (Wildman–Crippen MR) is 97.4 cm³/mol. The molecule has 0 amide bonds. The van der Waals surface area contributed by atoms with Gasteiger partial charge in [-0.25, -0.2) is 0 Å². The molecule has 0 atom stereocenters. The van der Waals surface area contributed by atoms with Crippen LogP contribution in [0.25, 0.3) is 0 Å². The Bertz CT molecular complexity index is 431. The van der Waals surface area contributed by atoms with Crippen LogP contribution in [0.1, 0.15) is 39.7 Å². The maximum absolute atomic E-state index is 5.83. The van der Waals surface area contributed by atoms with Gasteiger partial charge >= 0.3 is 0 Å². The van der Waals surface area contributed by atoms with Gasteiger partial charge < -0.3 is 19.7 Å². The number of hydrogen-bond acceptors (Lipinski definition) is 4. The van der Waals surface area contributed by atoms with E-state index in [1.807, 2.05) is 6.07 Å². The maximum Gasteiger partial charge on any atom is 0.161 e. The molecule has 132 valence electrons. The molecule has 1 rings (SSSR count). The van der Waals surface area contributed by atoms with Crippen molar-refractivity contribution in [2.75, 3.05) is 39.9 Å². The van der Waals surface area contributed by atoms with Gasteiger partial charge in [-0.3, -0.25) is 0 Å². The quantitative estimate of drug-likeness (QED) is 0.597. The lowest BCUT2D eigenvalue weighted by atomic mass is 10.1. The van der Waals surface area contributed by atoms with E-state index in [9.17, 15) is 0 Å². The highest BCUT2D eigenvalue weighted by atomic mass is 16.5. The van der Waals surface area contributed by atoms with Gasteiger partial charge in [-0.1, -0.05) is 33.8 Å². The Morgan fingerprint density at radius 3 is 2.48 bits per heavy atom. The number of rotatable bonds is 12. The molecule has 0 heterocycles. The Hall–Kier alpha value is -1.26. The number of hydrogen-bond donors (Lipinski definition) is 1. The van der Waals surface area contributed by atoms with Crippen molar-refractivity contribution in [1.82, 2.24) is 10.2 Å². The fourth-order valence-corrected chi connectivity index (χ4v) is 2.36. The molecule has 0 aromatic heterocycles. The molecule has 0 saturated heterocycles. The Morgan fingerprint density at radius 2 is 1.87 bits per heavy atom. The number of benzene rings is 1. The molecule has 0 spiro atoms. The summed E-state index contributed by atoms with van der Waals surface area (Å²) < 4.78 is 11.3. The monoisotopic (exact) mass is 322 g/mol. The first-order chi connectivity index (χ1) is 11.1. The summed E-state index contributed by atoms with van der Waals surface area (Å²) in [6.07, 6.45) is 1.05. The summed E-state index contributed by atoms with van der Waals surface area (Å²) in [7, 11) is 1.70. The molecule has 0 radical (unpaired) electrons. The number of ether oxygens (including phenoxy) is 2. The lowest BCUT2D eigenvalue weighted by Crippen LogP contribution is -2.31. The minimum Gasteiger partial charge on any atom is -0.493 e. The van der Waals surface area contributed by atoms with Crippen molar-refractivity contribution >= 4 is 0 Å². The highest BCUT2D eigenvalue weighted by Gasteiger charge is 2.06. The van der Waals surface area contributed by atoms with E-state index >= 15 is 0 Å². The molecule has 1 aromatic carbocycles. The largest absolute Gasteiger partial charge is 0.493 e. The van der Waals surface area contributed by atoms with Crippen LogP contribution in [-0.4, -0.2) is 44.8 Å². The van der Waals surface area contributed by atoms with E-state index in [4.69, 9.17) is 9.47 Å². The van der Waals surface area contributed by atoms with Crippen molar-refractivity contribution in [2.45, 2.75) is 40.7 Å². The first-order valence-corrected chi connectivity index (χ1v) is 8.83. The SMILES string of the molecule is CCN(CC)CCNCc1ccc(OCCC(C)C)c(OC)c1. The van der Waals surface area contributed by atoms with Gasteiger partial charge in [0.05, 0.1) is 13.7 Å². The average Bonchev–Trinajstić information content (AvgIpc) is 2.55. The van der Waals surface area contributed by atoms with Crippen LogP contribution in [0.2, 0.25) is 0 Å². The minimum atomic E-state index is 0.648. The van der Waals surface area contributed by atoms with Crippen molar-refractivity contribution in [3.63, 3.8) is 0 Å². The molecular weight excluding hydrogens is 288 g/mol. The molecule has 0 aliphatic rings. The van der Waals surface area contributed by atoms with Gasteiger partial charge in [0.25, 0.3) is 0 Å². The van der Waals surface area contributed by atoms with Crippen LogP contribution in [-0.2, 0) is 6.54 Å². The molecule has 0 saturated carbocycles. The van der Waals surface area contributed by atoms with Crippen LogP contribution in [0.5, 0.6) is 11.5 Å². The van der Waals surface area contributed by atoms with Gasteiger partial charge in [0, 0.05) is 19.6 Å². The summed E-state index contributed by atoms with van der Waals surface area (Å²) in [5.41, 5.74) is 1.22. The molecule has 0 bridgehead atoms. The summed E-state index contributed by atoms with van der Waals surface area (Å²) in [5.74, 6) is 2.30. The van der Waals surface area contributed by atoms with Crippen LogP contribution < -0.4 is 14.8 Å². The summed E-state index contributed by atoms with van der Waals surface area (Å²) >= 11 is 0. The van der Waals surface area contributed by atoms with Crippen LogP contribution in [0.4, 0.5) is 0 Å². The van der Waals surface area contributed by atoms with Crippen molar-refractivity contribution < 1.29 is 9.47 Å². The minimum absolute atomic E-state index is 0.648. The molecule has 23 heavy (non-hydrogen) atoms. The van der Waals surface area contributed by atoms with Gasteiger partial charge in [-0.05, 0) is 43.1 Å². The lowest BCUT2D eigenvalue weighted by Gasteiger charge is -2.18. The third kappa shape index (κ3) is 7.71. The molecule has 4 heteroatoms. The van der Waals surface area contributed by atoms with E-state index in [1.54, 1.807) is 7.11 Å². The Labute approximate surface area is 142 Å². The highest BCUT2D eigenvalue weighted by molar-refractivity contribution is 5.42. The van der Waals surface area contributed by atoms with E-state index in [2.05, 4.69) is 50.0 Å². The zero-order valence-electron chi connectivity index (χ0n) is 15.5. The highest BCUT2D eigenvalue weighted by Crippen LogP contribution is 2.28. The molecule has 0 fully saturated rings. The predicted octanol–water partition coefficient (Wildman–Crippen LogP) is 3.55. The van der Waals surface area contributed by atoms with Gasteiger partial charge in [0.15, 0.2) is 11.5 Å². The van der Waals surface area contributed by atoms with E-state index in [-0.39, 0.29) is 0 Å². The van der Waals surface area contributed by atoms with Gasteiger partial charge in [-0.15, -0.1) is 0 Å². The number of nitrogens with one attached hydrogen (secondary N) is 1.